The minimum Gasteiger partial charge on any atom is -0.497 e. The number of amides is 2. The predicted octanol–water partition coefficient (Wildman–Crippen LogP) is 2.47. The molecule has 0 saturated carbocycles. The number of methoxy groups -OCH3 is 1. The van der Waals surface area contributed by atoms with E-state index in [1.807, 2.05) is 29.2 Å². The van der Waals surface area contributed by atoms with Gasteiger partial charge in [-0.2, -0.15) is 4.31 Å². The molecule has 0 aliphatic carbocycles. The van der Waals surface area contributed by atoms with Crippen molar-refractivity contribution in [2.45, 2.75) is 37.7 Å². The molecule has 0 aromatic heterocycles. The lowest BCUT2D eigenvalue weighted by Crippen LogP contribution is -2.53. The molecule has 3 aliphatic heterocycles. The number of nitrogens with zero attached hydrogens (tertiary/aromatic N) is 3. The normalized spacial score (nSPS) is 22.3. The zero-order valence-electron chi connectivity index (χ0n) is 22.0. The number of piperazine rings is 1. The van der Waals surface area contributed by atoms with Gasteiger partial charge in [0.1, 0.15) is 11.5 Å². The number of carbonyl (C=O) groups is 2. The van der Waals surface area contributed by atoms with Gasteiger partial charge >= 0.3 is 0 Å². The van der Waals surface area contributed by atoms with E-state index in [4.69, 9.17) is 9.47 Å². The van der Waals surface area contributed by atoms with Gasteiger partial charge < -0.3 is 24.6 Å². The van der Waals surface area contributed by atoms with Gasteiger partial charge in [-0.1, -0.05) is 0 Å². The third-order valence-corrected chi connectivity index (χ3v) is 9.60. The molecule has 0 unspecified atom stereocenters. The summed E-state index contributed by atoms with van der Waals surface area (Å²) in [6, 6.07) is 11.0. The SMILES string of the molecule is COc1ccc(N2CCN(C(=O)[C@@H]3CCCN(S(=O)(=O)c4cc5c(cc4C)NC(=O)[C@@H](C)O5)C3)CC2)cc1. The molecular weight excluding hydrogens is 508 g/mol. The van der Waals surface area contributed by atoms with Gasteiger partial charge in [0.25, 0.3) is 5.91 Å². The molecule has 204 valence electrons. The Morgan fingerprint density at radius 2 is 1.79 bits per heavy atom. The quantitative estimate of drug-likeness (QED) is 0.618. The fourth-order valence-corrected chi connectivity index (χ4v) is 7.10. The van der Waals surface area contributed by atoms with Crippen LogP contribution < -0.4 is 19.7 Å². The zero-order valence-corrected chi connectivity index (χ0v) is 22.8. The number of sulfonamides is 1. The summed E-state index contributed by atoms with van der Waals surface area (Å²) in [6.45, 7) is 6.47. The number of hydrogen-bond donors (Lipinski definition) is 1. The minimum absolute atomic E-state index is 0.0151. The van der Waals surface area contributed by atoms with Crippen LogP contribution in [0.4, 0.5) is 11.4 Å². The first-order valence-corrected chi connectivity index (χ1v) is 14.4. The molecule has 2 aromatic rings. The van der Waals surface area contributed by atoms with Crippen LogP contribution in [0.25, 0.3) is 0 Å². The molecule has 3 heterocycles. The summed E-state index contributed by atoms with van der Waals surface area (Å²) in [5.41, 5.74) is 2.07. The van der Waals surface area contributed by atoms with E-state index >= 15 is 0 Å². The van der Waals surface area contributed by atoms with Gasteiger partial charge in [0.2, 0.25) is 15.9 Å². The maximum atomic E-state index is 13.7. The second-order valence-electron chi connectivity index (χ2n) is 10.1. The first-order valence-electron chi connectivity index (χ1n) is 13.0. The number of nitrogens with one attached hydrogen (secondary N) is 1. The first kappa shape index (κ1) is 26.3. The highest BCUT2D eigenvalue weighted by Gasteiger charge is 2.37. The van der Waals surface area contributed by atoms with Crippen molar-refractivity contribution in [2.24, 2.45) is 5.92 Å². The van der Waals surface area contributed by atoms with Gasteiger partial charge in [-0.3, -0.25) is 9.59 Å². The van der Waals surface area contributed by atoms with Gasteiger partial charge in [0.15, 0.2) is 6.10 Å². The van der Waals surface area contributed by atoms with E-state index in [0.29, 0.717) is 49.5 Å². The van der Waals surface area contributed by atoms with Gasteiger partial charge in [-0.25, -0.2) is 8.42 Å². The number of anilines is 2. The van der Waals surface area contributed by atoms with Crippen molar-refractivity contribution in [2.75, 3.05) is 56.6 Å². The Hall–Kier alpha value is -3.31. The maximum Gasteiger partial charge on any atom is 0.265 e. The Labute approximate surface area is 223 Å². The van der Waals surface area contributed by atoms with Crippen LogP contribution in [-0.2, 0) is 19.6 Å². The molecule has 2 fully saturated rings. The number of carbonyl (C=O) groups excluding carboxylic acids is 2. The largest absolute Gasteiger partial charge is 0.497 e. The van der Waals surface area contributed by atoms with E-state index < -0.39 is 16.1 Å². The summed E-state index contributed by atoms with van der Waals surface area (Å²) in [5, 5.41) is 2.75. The predicted molar refractivity (Wildman–Crippen MR) is 143 cm³/mol. The number of piperidine rings is 1. The van der Waals surface area contributed by atoms with Crippen molar-refractivity contribution in [3.05, 3.63) is 42.0 Å². The van der Waals surface area contributed by atoms with Crippen LogP contribution in [0.1, 0.15) is 25.3 Å². The second-order valence-corrected chi connectivity index (χ2v) is 12.0. The smallest absolute Gasteiger partial charge is 0.265 e. The second kappa shape index (κ2) is 10.5. The van der Waals surface area contributed by atoms with Crippen LogP contribution in [0.2, 0.25) is 0 Å². The van der Waals surface area contributed by atoms with E-state index in [1.165, 1.54) is 10.4 Å². The Balaban J connectivity index is 1.25. The van der Waals surface area contributed by atoms with Gasteiger partial charge in [-0.05, 0) is 62.6 Å². The Bertz CT molecular complexity index is 1320. The molecule has 0 spiro atoms. The Kier molecular flexibility index (Phi) is 7.23. The lowest BCUT2D eigenvalue weighted by Gasteiger charge is -2.39. The molecule has 38 heavy (non-hydrogen) atoms. The molecule has 11 heteroatoms. The molecule has 1 N–H and O–H groups in total. The van der Waals surface area contributed by atoms with Crippen LogP contribution in [-0.4, -0.2) is 81.9 Å². The third kappa shape index (κ3) is 5.04. The zero-order chi connectivity index (χ0) is 27.0. The van der Waals surface area contributed by atoms with Crippen molar-refractivity contribution in [1.29, 1.82) is 0 Å². The van der Waals surface area contributed by atoms with Gasteiger partial charge in [0.05, 0.1) is 23.6 Å². The number of rotatable bonds is 5. The molecule has 2 atom stereocenters. The summed E-state index contributed by atoms with van der Waals surface area (Å²) in [4.78, 5) is 29.6. The maximum absolute atomic E-state index is 13.7. The fraction of sp³-hybridized carbons (Fsp3) is 0.481. The number of aryl methyl sites for hydroxylation is 1. The Morgan fingerprint density at radius 3 is 2.47 bits per heavy atom. The number of fused-ring (bicyclic) bond motifs is 1. The summed E-state index contributed by atoms with van der Waals surface area (Å²) in [7, 11) is -2.21. The topological polar surface area (TPSA) is 108 Å². The molecule has 5 rings (SSSR count). The lowest BCUT2D eigenvalue weighted by molar-refractivity contribution is -0.137. The molecule has 10 nitrogen and oxygen atoms in total. The van der Waals surface area contributed by atoms with Crippen molar-refractivity contribution in [3.63, 3.8) is 0 Å². The lowest BCUT2D eigenvalue weighted by atomic mass is 9.97. The van der Waals surface area contributed by atoms with Crippen molar-refractivity contribution < 1.29 is 27.5 Å². The van der Waals surface area contributed by atoms with Crippen molar-refractivity contribution in [1.82, 2.24) is 9.21 Å². The summed E-state index contributed by atoms with van der Waals surface area (Å²) in [6.07, 6.45) is 0.581. The average molecular weight is 543 g/mol. The molecular formula is C27H34N4O6S. The minimum atomic E-state index is -3.85. The monoisotopic (exact) mass is 542 g/mol. The molecule has 2 saturated heterocycles. The summed E-state index contributed by atoms with van der Waals surface area (Å²) >= 11 is 0. The average Bonchev–Trinajstić information content (AvgIpc) is 2.93. The molecule has 0 radical (unpaired) electrons. The van der Waals surface area contributed by atoms with E-state index in [1.54, 1.807) is 27.0 Å². The van der Waals surface area contributed by atoms with Gasteiger partial charge in [-0.15, -0.1) is 0 Å². The standard InChI is InChI=1S/C27H34N4O6S/c1-18-15-23-24(37-19(2)26(32)28-23)16-25(18)38(34,35)31-10-4-5-20(17-31)27(33)30-13-11-29(12-14-30)21-6-8-22(36-3)9-7-21/h6-9,15-16,19-20H,4-5,10-14,17H2,1-3H3,(H,28,32)/t19-,20-/m1/s1. The molecule has 2 amide bonds. The van der Waals surface area contributed by atoms with Crippen molar-refractivity contribution in [3.8, 4) is 11.5 Å². The van der Waals surface area contributed by atoms with E-state index in [0.717, 1.165) is 24.5 Å². The molecule has 2 aromatic carbocycles. The molecule has 0 bridgehead atoms. The summed E-state index contributed by atoms with van der Waals surface area (Å²) in [5.74, 6) is 0.509. The number of ether oxygens (including phenoxy) is 2. The number of benzene rings is 2. The summed E-state index contributed by atoms with van der Waals surface area (Å²) < 4.78 is 39.6. The third-order valence-electron chi connectivity index (χ3n) is 7.59. The highest BCUT2D eigenvalue weighted by atomic mass is 32.2. The van der Waals surface area contributed by atoms with Crippen molar-refractivity contribution >= 4 is 33.2 Å². The van der Waals surface area contributed by atoms with Crippen LogP contribution >= 0.6 is 0 Å². The van der Waals surface area contributed by atoms with Crippen LogP contribution in [0.5, 0.6) is 11.5 Å². The van der Waals surface area contributed by atoms with E-state index in [2.05, 4.69) is 10.2 Å². The van der Waals surface area contributed by atoms with Crippen LogP contribution in [0.15, 0.2) is 41.3 Å². The van der Waals surface area contributed by atoms with E-state index in [-0.39, 0.29) is 29.2 Å². The number of hydrogen-bond acceptors (Lipinski definition) is 7. The van der Waals surface area contributed by atoms with Crippen LogP contribution in [0, 0.1) is 12.8 Å². The molecule has 3 aliphatic rings. The van der Waals surface area contributed by atoms with Crippen LogP contribution in [0.3, 0.4) is 0 Å². The fourth-order valence-electron chi connectivity index (χ4n) is 5.36. The first-order chi connectivity index (χ1) is 18.2. The Morgan fingerprint density at radius 1 is 1.08 bits per heavy atom. The highest BCUT2D eigenvalue weighted by molar-refractivity contribution is 7.89. The highest BCUT2D eigenvalue weighted by Crippen LogP contribution is 2.36. The van der Waals surface area contributed by atoms with Gasteiger partial charge in [0, 0.05) is 51.0 Å². The van der Waals surface area contributed by atoms with E-state index in [9.17, 15) is 18.0 Å².